The van der Waals surface area contributed by atoms with Crippen LogP contribution in [0.4, 0.5) is 10.5 Å². The predicted octanol–water partition coefficient (Wildman–Crippen LogP) is 3.93. The van der Waals surface area contributed by atoms with Crippen molar-refractivity contribution in [1.29, 1.82) is 0 Å². The second-order valence-corrected chi connectivity index (χ2v) is 9.01. The van der Waals surface area contributed by atoms with Crippen LogP contribution in [0, 0.1) is 0 Å². The van der Waals surface area contributed by atoms with E-state index in [1.54, 1.807) is 0 Å². The number of hydrogen-bond donors (Lipinski definition) is 3. The number of amides is 1. The van der Waals surface area contributed by atoms with Gasteiger partial charge in [0.2, 0.25) is 0 Å². The molecule has 0 saturated carbocycles. The fraction of sp³-hybridized carbons (Fsp3) is 0.250. The monoisotopic (exact) mass is 484 g/mol. The van der Waals surface area contributed by atoms with Crippen LogP contribution in [0.25, 0.3) is 11.1 Å². The van der Waals surface area contributed by atoms with Gasteiger partial charge in [0, 0.05) is 31.6 Å². The first-order chi connectivity index (χ1) is 17.5. The van der Waals surface area contributed by atoms with Crippen molar-refractivity contribution >= 4 is 23.7 Å². The Kier molecular flexibility index (Phi) is 6.58. The first-order valence-corrected chi connectivity index (χ1v) is 12.0. The molecular weight excluding hydrogens is 456 g/mol. The summed E-state index contributed by atoms with van der Waals surface area (Å²) in [4.78, 5) is 30.9. The van der Waals surface area contributed by atoms with Crippen LogP contribution in [0.15, 0.2) is 77.8 Å². The maximum Gasteiger partial charge on any atom is 0.407 e. The van der Waals surface area contributed by atoms with Gasteiger partial charge < -0.3 is 25.4 Å². The number of rotatable bonds is 7. The molecule has 0 fully saturated rings. The number of aliphatic carboxylic acids is 1. The molecule has 1 amide bonds. The van der Waals surface area contributed by atoms with Gasteiger partial charge in [0.05, 0.1) is 6.54 Å². The zero-order valence-electron chi connectivity index (χ0n) is 20.0. The lowest BCUT2D eigenvalue weighted by Gasteiger charge is -2.18. The van der Waals surface area contributed by atoms with Crippen LogP contribution in [-0.2, 0) is 16.0 Å². The second-order valence-electron chi connectivity index (χ2n) is 9.01. The van der Waals surface area contributed by atoms with E-state index in [0.29, 0.717) is 0 Å². The normalized spacial score (nSPS) is 15.0. The summed E-state index contributed by atoms with van der Waals surface area (Å²) in [5.41, 5.74) is 6.12. The lowest BCUT2D eigenvalue weighted by Crippen LogP contribution is -2.42. The van der Waals surface area contributed by atoms with E-state index in [1.165, 1.54) is 0 Å². The minimum Gasteiger partial charge on any atom is -0.480 e. The summed E-state index contributed by atoms with van der Waals surface area (Å²) in [6.07, 6.45) is -0.606. The highest BCUT2D eigenvalue weighted by Gasteiger charge is 2.29. The third-order valence-electron chi connectivity index (χ3n) is 6.64. The molecule has 0 aromatic heterocycles. The molecule has 2 aliphatic rings. The number of nitrogens with one attached hydrogen (secondary N) is 2. The number of nitrogens with zero attached hydrogens (tertiary/aromatic N) is 2. The van der Waals surface area contributed by atoms with E-state index in [0.717, 1.165) is 52.6 Å². The Bertz CT molecular complexity index is 1260. The number of carboxylic acid groups (broad SMARTS) is 1. The van der Waals surface area contributed by atoms with E-state index in [1.807, 2.05) is 72.6 Å². The fourth-order valence-corrected chi connectivity index (χ4v) is 4.74. The van der Waals surface area contributed by atoms with Crippen molar-refractivity contribution in [2.24, 2.45) is 4.99 Å². The number of fused-ring (bicyclic) bond motifs is 3. The molecule has 0 unspecified atom stereocenters. The summed E-state index contributed by atoms with van der Waals surface area (Å²) in [5.74, 6) is -0.397. The lowest BCUT2D eigenvalue weighted by atomic mass is 9.98. The molecule has 0 radical (unpaired) electrons. The van der Waals surface area contributed by atoms with Gasteiger partial charge in [0.1, 0.15) is 12.6 Å². The van der Waals surface area contributed by atoms with E-state index in [9.17, 15) is 14.7 Å². The van der Waals surface area contributed by atoms with Gasteiger partial charge in [-0.15, -0.1) is 0 Å². The van der Waals surface area contributed by atoms with E-state index in [2.05, 4.69) is 27.8 Å². The molecule has 184 valence electrons. The van der Waals surface area contributed by atoms with Crippen LogP contribution in [0.3, 0.4) is 0 Å². The van der Waals surface area contributed by atoms with Crippen molar-refractivity contribution in [3.63, 3.8) is 0 Å². The van der Waals surface area contributed by atoms with Crippen molar-refractivity contribution < 1.29 is 19.4 Å². The number of anilines is 1. The summed E-state index contributed by atoms with van der Waals surface area (Å²) in [7, 11) is 1.97. The molecule has 0 bridgehead atoms. The molecule has 1 aliphatic heterocycles. The predicted molar refractivity (Wildman–Crippen MR) is 138 cm³/mol. The summed E-state index contributed by atoms with van der Waals surface area (Å²) < 4.78 is 5.52. The molecule has 1 atom stereocenters. The molecule has 3 N–H and O–H groups in total. The van der Waals surface area contributed by atoms with Crippen LogP contribution in [0.1, 0.15) is 22.6 Å². The lowest BCUT2D eigenvalue weighted by molar-refractivity contribution is -0.139. The minimum atomic E-state index is -1.12. The number of guanidine groups is 1. The van der Waals surface area contributed by atoms with Gasteiger partial charge >= 0.3 is 12.1 Å². The minimum absolute atomic E-state index is 0.0880. The molecule has 8 nitrogen and oxygen atoms in total. The fourth-order valence-electron chi connectivity index (χ4n) is 4.74. The summed E-state index contributed by atoms with van der Waals surface area (Å²) >= 11 is 0. The van der Waals surface area contributed by atoms with Gasteiger partial charge in [0.15, 0.2) is 5.96 Å². The van der Waals surface area contributed by atoms with Gasteiger partial charge in [-0.05, 0) is 39.9 Å². The van der Waals surface area contributed by atoms with Crippen molar-refractivity contribution in [1.82, 2.24) is 10.2 Å². The van der Waals surface area contributed by atoms with Crippen LogP contribution in [-0.4, -0.2) is 60.8 Å². The van der Waals surface area contributed by atoms with E-state index >= 15 is 0 Å². The summed E-state index contributed by atoms with van der Waals surface area (Å²) in [6.45, 7) is 1.77. The molecule has 5 rings (SSSR count). The average Bonchev–Trinajstić information content (AvgIpc) is 3.44. The van der Waals surface area contributed by atoms with Crippen molar-refractivity contribution in [3.05, 3.63) is 89.5 Å². The molecule has 3 aromatic rings. The molecule has 1 aliphatic carbocycles. The van der Waals surface area contributed by atoms with Crippen LogP contribution < -0.4 is 10.6 Å². The summed E-state index contributed by atoms with van der Waals surface area (Å²) in [6, 6.07) is 22.5. The average molecular weight is 485 g/mol. The molecule has 0 saturated heterocycles. The molecule has 36 heavy (non-hydrogen) atoms. The van der Waals surface area contributed by atoms with Gasteiger partial charge in [0.25, 0.3) is 0 Å². The molecule has 1 heterocycles. The Morgan fingerprint density at radius 1 is 1.03 bits per heavy atom. The summed E-state index contributed by atoms with van der Waals surface area (Å²) in [5, 5.41) is 15.5. The first-order valence-electron chi connectivity index (χ1n) is 12.0. The van der Waals surface area contributed by atoms with Gasteiger partial charge in [-0.25, -0.2) is 9.59 Å². The number of ether oxygens (including phenoxy) is 1. The van der Waals surface area contributed by atoms with Gasteiger partial charge in [-0.3, -0.25) is 4.99 Å². The molecule has 8 heteroatoms. The highest BCUT2D eigenvalue weighted by Crippen LogP contribution is 2.44. The van der Waals surface area contributed by atoms with Crippen LogP contribution in [0.2, 0.25) is 0 Å². The number of benzene rings is 3. The Balaban J connectivity index is 1.19. The van der Waals surface area contributed by atoms with Crippen LogP contribution >= 0.6 is 0 Å². The Morgan fingerprint density at radius 3 is 2.25 bits per heavy atom. The van der Waals surface area contributed by atoms with E-state index in [4.69, 9.17) is 4.74 Å². The maximum atomic E-state index is 12.6. The standard InChI is InChI=1S/C28H28N4O4/c1-32-15-14-29-27(32)30-19-12-10-18(11-13-19)16-25(26(33)34)31-28(35)36-17-24-22-8-4-2-6-20(22)21-7-3-5-9-23(21)24/h2-13,24-25H,14-17H2,1H3,(H,29,30)(H,31,35)(H,33,34)/t25-/m0/s1. The van der Waals surface area contributed by atoms with Gasteiger partial charge in [-0.1, -0.05) is 60.7 Å². The first kappa shape index (κ1) is 23.4. The van der Waals surface area contributed by atoms with Crippen molar-refractivity contribution in [3.8, 4) is 11.1 Å². The smallest absolute Gasteiger partial charge is 0.407 e. The van der Waals surface area contributed by atoms with Crippen LogP contribution in [0.5, 0.6) is 0 Å². The van der Waals surface area contributed by atoms with Crippen molar-refractivity contribution in [2.45, 2.75) is 18.4 Å². The third kappa shape index (κ3) is 4.88. The third-order valence-corrected chi connectivity index (χ3v) is 6.64. The largest absolute Gasteiger partial charge is 0.480 e. The van der Waals surface area contributed by atoms with Gasteiger partial charge in [-0.2, -0.15) is 0 Å². The molecular formula is C28H28N4O4. The van der Waals surface area contributed by atoms with E-state index < -0.39 is 18.1 Å². The maximum absolute atomic E-state index is 12.6. The van der Waals surface area contributed by atoms with E-state index in [-0.39, 0.29) is 18.9 Å². The Hall–Kier alpha value is -4.33. The SMILES string of the molecule is CN1CCN=C1Nc1ccc(C[C@H](NC(=O)OCC2c3ccccc3-c3ccccc32)C(=O)O)cc1. The highest BCUT2D eigenvalue weighted by molar-refractivity contribution is 5.94. The second kappa shape index (κ2) is 10.1. The number of carbonyl (C=O) groups is 2. The highest BCUT2D eigenvalue weighted by atomic mass is 16.5. The van der Waals surface area contributed by atoms with Crippen molar-refractivity contribution in [2.75, 3.05) is 32.1 Å². The Labute approximate surface area is 209 Å². The zero-order valence-corrected chi connectivity index (χ0v) is 20.0. The quantitative estimate of drug-likeness (QED) is 0.470. The number of alkyl carbamates (subject to hydrolysis) is 1. The number of likely N-dealkylation sites (N-methyl/N-ethyl adjacent to an activating group) is 1. The number of carboxylic acids is 1. The zero-order chi connectivity index (χ0) is 25.1. The number of aliphatic imine (C=N–C) groups is 1. The molecule has 3 aromatic carbocycles. The molecule has 0 spiro atoms. The number of carbonyl (C=O) groups excluding carboxylic acids is 1. The Morgan fingerprint density at radius 2 is 1.67 bits per heavy atom. The number of hydrogen-bond acceptors (Lipinski definition) is 6. The topological polar surface area (TPSA) is 103 Å².